The number of rotatable bonds is 2. The van der Waals surface area contributed by atoms with Crippen molar-refractivity contribution >= 4 is 6.21 Å². The summed E-state index contributed by atoms with van der Waals surface area (Å²) in [6.07, 6.45) is 1.47. The fourth-order valence-electron chi connectivity index (χ4n) is 1.29. The lowest BCUT2D eigenvalue weighted by molar-refractivity contribution is 0.571. The summed E-state index contributed by atoms with van der Waals surface area (Å²) in [7, 11) is 0. The van der Waals surface area contributed by atoms with Gasteiger partial charge >= 0.3 is 0 Å². The van der Waals surface area contributed by atoms with Crippen LogP contribution >= 0.6 is 0 Å². The number of hydrogen-bond donors (Lipinski definition) is 0. The first-order valence-corrected chi connectivity index (χ1v) is 5.95. The first kappa shape index (κ1) is 13.0. The van der Waals surface area contributed by atoms with Crippen molar-refractivity contribution < 1.29 is 0 Å². The topological polar surface area (TPSA) is 56.0 Å². The molecule has 5 heteroatoms. The lowest BCUT2D eigenvalue weighted by Gasteiger charge is -2.05. The maximum atomic E-state index is 4.14. The Hall–Kier alpha value is -2.48. The van der Waals surface area contributed by atoms with Crippen molar-refractivity contribution in [1.29, 1.82) is 0 Å². The molecule has 0 aliphatic carbocycles. The molecule has 96 valence electrons. The zero-order valence-corrected chi connectivity index (χ0v) is 11.2. The van der Waals surface area contributed by atoms with Gasteiger partial charge in [-0.25, -0.2) is 0 Å². The lowest BCUT2D eigenvalue weighted by atomic mass is 9.98. The molecule has 0 amide bonds. The zero-order chi connectivity index (χ0) is 13.7. The Kier molecular flexibility index (Phi) is 3.71. The van der Waals surface area contributed by atoms with Crippen LogP contribution in [0.5, 0.6) is 0 Å². The standard InChI is InChI=1S/C14H15N5/c1-14(2,3)10-7-11-15-19-17-13(16-18-19)12-8-5-4-6-9-12/h4-6,8-9,11H,1-3H3/b15-11-. The fourth-order valence-corrected chi connectivity index (χ4v) is 1.29. The molecule has 0 unspecified atom stereocenters. The molecule has 0 fully saturated rings. The summed E-state index contributed by atoms with van der Waals surface area (Å²) in [6, 6.07) is 9.63. The average molecular weight is 253 g/mol. The fraction of sp³-hybridized carbons (Fsp3) is 0.286. The van der Waals surface area contributed by atoms with Crippen LogP contribution in [0.4, 0.5) is 0 Å². The minimum atomic E-state index is -0.0446. The average Bonchev–Trinajstić information content (AvgIpc) is 2.83. The minimum Gasteiger partial charge on any atom is -0.130 e. The second-order valence-electron chi connectivity index (χ2n) is 5.01. The summed E-state index contributed by atoms with van der Waals surface area (Å²) in [6.45, 7) is 6.11. The van der Waals surface area contributed by atoms with Gasteiger partial charge in [0.2, 0.25) is 5.82 Å². The number of hydrogen-bond acceptors (Lipinski definition) is 4. The van der Waals surface area contributed by atoms with Crippen molar-refractivity contribution in [2.45, 2.75) is 20.8 Å². The SMILES string of the molecule is CC(C)(C)C#C/C=N\n1nnc(-c2ccccc2)n1. The number of tetrazole rings is 1. The molecule has 0 N–H and O–H groups in total. The highest BCUT2D eigenvalue weighted by Crippen LogP contribution is 2.11. The Morgan fingerprint density at radius 1 is 1.21 bits per heavy atom. The molecule has 0 aliphatic rings. The van der Waals surface area contributed by atoms with E-state index in [-0.39, 0.29) is 5.41 Å². The van der Waals surface area contributed by atoms with Gasteiger partial charge < -0.3 is 0 Å². The first-order chi connectivity index (χ1) is 9.04. The maximum Gasteiger partial charge on any atom is 0.207 e. The summed E-state index contributed by atoms with van der Waals surface area (Å²) in [5.74, 6) is 6.44. The molecule has 0 spiro atoms. The van der Waals surface area contributed by atoms with E-state index in [2.05, 4.69) is 32.4 Å². The van der Waals surface area contributed by atoms with Gasteiger partial charge in [-0.2, -0.15) is 0 Å². The summed E-state index contributed by atoms with van der Waals surface area (Å²) >= 11 is 0. The van der Waals surface area contributed by atoms with Gasteiger partial charge in [0.05, 0.1) is 0 Å². The molecular weight excluding hydrogens is 238 g/mol. The Balaban J connectivity index is 2.10. The van der Waals surface area contributed by atoms with Gasteiger partial charge in [0.15, 0.2) is 0 Å². The van der Waals surface area contributed by atoms with E-state index in [1.165, 1.54) is 11.1 Å². The Labute approximate surface area is 112 Å². The van der Waals surface area contributed by atoms with E-state index in [0.29, 0.717) is 5.82 Å². The molecule has 1 aromatic carbocycles. The summed E-state index contributed by atoms with van der Waals surface area (Å²) in [5, 5.41) is 15.9. The van der Waals surface area contributed by atoms with Crippen molar-refractivity contribution in [3.63, 3.8) is 0 Å². The third kappa shape index (κ3) is 4.03. The quantitative estimate of drug-likeness (QED) is 0.609. The minimum absolute atomic E-state index is 0.0446. The highest BCUT2D eigenvalue weighted by molar-refractivity contribution is 5.78. The van der Waals surface area contributed by atoms with Gasteiger partial charge in [-0.05, 0) is 30.9 Å². The van der Waals surface area contributed by atoms with Crippen LogP contribution in [0.25, 0.3) is 11.4 Å². The summed E-state index contributed by atoms with van der Waals surface area (Å²) < 4.78 is 0. The van der Waals surface area contributed by atoms with Crippen molar-refractivity contribution in [1.82, 2.24) is 20.3 Å². The predicted octanol–water partition coefficient (Wildman–Crippen LogP) is 2.22. The molecule has 0 atom stereocenters. The lowest BCUT2D eigenvalue weighted by Crippen LogP contribution is -1.99. The van der Waals surface area contributed by atoms with E-state index in [4.69, 9.17) is 0 Å². The van der Waals surface area contributed by atoms with Crippen LogP contribution in [0.1, 0.15) is 20.8 Å². The number of benzene rings is 1. The van der Waals surface area contributed by atoms with Gasteiger partial charge in [-0.3, -0.25) is 0 Å². The molecule has 0 aliphatic heterocycles. The highest BCUT2D eigenvalue weighted by atomic mass is 15.7. The number of aromatic nitrogens is 4. The van der Waals surface area contributed by atoms with E-state index >= 15 is 0 Å². The molecule has 0 saturated carbocycles. The van der Waals surface area contributed by atoms with Gasteiger partial charge in [0, 0.05) is 11.0 Å². The third-order valence-electron chi connectivity index (χ3n) is 2.11. The smallest absolute Gasteiger partial charge is 0.130 e. The predicted molar refractivity (Wildman–Crippen MR) is 74.4 cm³/mol. The first-order valence-electron chi connectivity index (χ1n) is 5.95. The molecule has 2 rings (SSSR count). The van der Waals surface area contributed by atoms with Crippen molar-refractivity contribution in [2.24, 2.45) is 10.5 Å². The Morgan fingerprint density at radius 3 is 2.63 bits per heavy atom. The van der Waals surface area contributed by atoms with E-state index in [9.17, 15) is 0 Å². The molecule has 0 radical (unpaired) electrons. The third-order valence-corrected chi connectivity index (χ3v) is 2.11. The molecule has 1 heterocycles. The monoisotopic (exact) mass is 253 g/mol. The van der Waals surface area contributed by atoms with Crippen LogP contribution in [0, 0.1) is 17.3 Å². The van der Waals surface area contributed by atoms with Crippen LogP contribution in [0.3, 0.4) is 0 Å². The van der Waals surface area contributed by atoms with Crippen LogP contribution in [-0.4, -0.2) is 26.5 Å². The molecule has 2 aromatic rings. The maximum absolute atomic E-state index is 4.14. The Bertz CT molecular complexity index is 623. The second kappa shape index (κ2) is 5.44. The molecular formula is C14H15N5. The van der Waals surface area contributed by atoms with Crippen molar-refractivity contribution in [3.05, 3.63) is 30.3 Å². The second-order valence-corrected chi connectivity index (χ2v) is 5.01. The van der Waals surface area contributed by atoms with Gasteiger partial charge in [-0.15, -0.1) is 15.3 Å². The van der Waals surface area contributed by atoms with Crippen molar-refractivity contribution in [3.8, 4) is 23.2 Å². The van der Waals surface area contributed by atoms with E-state index in [1.807, 2.05) is 51.1 Å². The van der Waals surface area contributed by atoms with Gasteiger partial charge in [-0.1, -0.05) is 42.2 Å². The molecule has 19 heavy (non-hydrogen) atoms. The van der Waals surface area contributed by atoms with E-state index in [0.717, 1.165) is 5.56 Å². The van der Waals surface area contributed by atoms with Crippen molar-refractivity contribution in [2.75, 3.05) is 0 Å². The Morgan fingerprint density at radius 2 is 1.95 bits per heavy atom. The van der Waals surface area contributed by atoms with Gasteiger partial charge in [0.1, 0.15) is 6.21 Å². The highest BCUT2D eigenvalue weighted by Gasteiger charge is 2.04. The largest absolute Gasteiger partial charge is 0.207 e. The van der Waals surface area contributed by atoms with Crippen LogP contribution in [0.15, 0.2) is 35.4 Å². The molecule has 0 bridgehead atoms. The summed E-state index contributed by atoms with van der Waals surface area (Å²) in [4.78, 5) is 1.17. The van der Waals surface area contributed by atoms with E-state index in [1.54, 1.807) is 0 Å². The normalized spacial score (nSPS) is 11.3. The molecule has 1 aromatic heterocycles. The van der Waals surface area contributed by atoms with Crippen LogP contribution < -0.4 is 0 Å². The van der Waals surface area contributed by atoms with Gasteiger partial charge in [0.25, 0.3) is 0 Å². The molecule has 5 nitrogen and oxygen atoms in total. The van der Waals surface area contributed by atoms with Crippen LogP contribution in [-0.2, 0) is 0 Å². The van der Waals surface area contributed by atoms with E-state index < -0.39 is 0 Å². The number of nitrogens with zero attached hydrogens (tertiary/aromatic N) is 5. The summed E-state index contributed by atoms with van der Waals surface area (Å²) in [5.41, 5.74) is 0.863. The molecule has 0 saturated heterocycles. The van der Waals surface area contributed by atoms with Crippen LogP contribution in [0.2, 0.25) is 0 Å². The zero-order valence-electron chi connectivity index (χ0n) is 11.2.